The molecule has 1 saturated carbocycles. The van der Waals surface area contributed by atoms with E-state index in [1.54, 1.807) is 0 Å². The minimum atomic E-state index is 0.628. The molecule has 0 aromatic carbocycles. The third-order valence-electron chi connectivity index (χ3n) is 3.82. The molecule has 3 rings (SSSR count). The summed E-state index contributed by atoms with van der Waals surface area (Å²) in [6, 6.07) is 0. The molecule has 0 saturated heterocycles. The number of nitrogens with zero attached hydrogens (tertiary/aromatic N) is 4. The molecule has 0 bridgehead atoms. The van der Waals surface area contributed by atoms with Crippen LogP contribution in [0.5, 0.6) is 0 Å². The van der Waals surface area contributed by atoms with Gasteiger partial charge in [-0.2, -0.15) is 5.10 Å². The van der Waals surface area contributed by atoms with E-state index in [1.165, 1.54) is 25.7 Å². The fourth-order valence-corrected chi connectivity index (χ4v) is 2.63. The summed E-state index contributed by atoms with van der Waals surface area (Å²) in [4.78, 5) is 4.45. The van der Waals surface area contributed by atoms with Crippen LogP contribution in [0.4, 0.5) is 5.95 Å². The van der Waals surface area contributed by atoms with E-state index in [0.717, 1.165) is 35.9 Å². The third-order valence-corrected chi connectivity index (χ3v) is 3.82. The Balaban J connectivity index is 1.90. The fourth-order valence-electron chi connectivity index (χ4n) is 2.63. The molecule has 0 amide bonds. The molecule has 2 N–H and O–H groups in total. The molecule has 1 aliphatic rings. The number of aryl methyl sites for hydroxylation is 3. The SMILES string of the molecule is CCn1nc(C)c2nc(N)n(CCCC3CC3)c21. The van der Waals surface area contributed by atoms with Crippen LogP contribution >= 0.6 is 0 Å². The molecule has 1 fully saturated rings. The maximum atomic E-state index is 6.03. The van der Waals surface area contributed by atoms with Crippen molar-refractivity contribution >= 4 is 17.1 Å². The summed E-state index contributed by atoms with van der Waals surface area (Å²) in [6.45, 7) is 5.92. The Morgan fingerprint density at radius 1 is 1.39 bits per heavy atom. The molecule has 0 atom stereocenters. The number of hydrogen-bond acceptors (Lipinski definition) is 3. The molecule has 0 spiro atoms. The lowest BCUT2D eigenvalue weighted by atomic mass is 10.2. The quantitative estimate of drug-likeness (QED) is 0.882. The van der Waals surface area contributed by atoms with Gasteiger partial charge in [-0.15, -0.1) is 0 Å². The molecule has 0 aliphatic heterocycles. The van der Waals surface area contributed by atoms with Crippen LogP contribution in [0, 0.1) is 12.8 Å². The van der Waals surface area contributed by atoms with Crippen molar-refractivity contribution in [3.63, 3.8) is 0 Å². The van der Waals surface area contributed by atoms with Gasteiger partial charge in [-0.1, -0.05) is 12.8 Å². The Morgan fingerprint density at radius 3 is 2.83 bits per heavy atom. The van der Waals surface area contributed by atoms with Crippen LogP contribution in [0.3, 0.4) is 0 Å². The van der Waals surface area contributed by atoms with Gasteiger partial charge in [0.15, 0.2) is 5.65 Å². The molecule has 98 valence electrons. The number of rotatable bonds is 5. The standard InChI is InChI=1S/C13H21N5/c1-3-18-12-11(9(2)16-18)15-13(14)17(12)8-4-5-10-6-7-10/h10H,3-8H2,1-2H3,(H2,14,15). The highest BCUT2D eigenvalue weighted by atomic mass is 15.4. The van der Waals surface area contributed by atoms with Crippen molar-refractivity contribution in [3.8, 4) is 0 Å². The van der Waals surface area contributed by atoms with Crippen LogP contribution in [0.25, 0.3) is 11.2 Å². The van der Waals surface area contributed by atoms with Crippen molar-refractivity contribution in [1.82, 2.24) is 19.3 Å². The number of nitrogen functional groups attached to an aromatic ring is 1. The van der Waals surface area contributed by atoms with Crippen LogP contribution in [0.2, 0.25) is 0 Å². The predicted octanol–water partition coefficient (Wildman–Crippen LogP) is 2.33. The van der Waals surface area contributed by atoms with E-state index in [4.69, 9.17) is 5.73 Å². The Labute approximate surface area is 107 Å². The lowest BCUT2D eigenvalue weighted by Gasteiger charge is -2.07. The third kappa shape index (κ3) is 1.87. The Bertz CT molecular complexity index is 561. The van der Waals surface area contributed by atoms with Gasteiger partial charge in [0.1, 0.15) is 5.52 Å². The number of anilines is 1. The topological polar surface area (TPSA) is 61.7 Å². The van der Waals surface area contributed by atoms with E-state index in [0.29, 0.717) is 5.95 Å². The molecule has 5 heteroatoms. The van der Waals surface area contributed by atoms with E-state index in [2.05, 4.69) is 21.6 Å². The van der Waals surface area contributed by atoms with Gasteiger partial charge in [0.05, 0.1) is 5.69 Å². The molecule has 0 radical (unpaired) electrons. The van der Waals surface area contributed by atoms with Gasteiger partial charge >= 0.3 is 0 Å². The highest BCUT2D eigenvalue weighted by Gasteiger charge is 2.21. The highest BCUT2D eigenvalue weighted by molar-refractivity contribution is 5.77. The monoisotopic (exact) mass is 247 g/mol. The molecule has 0 unspecified atom stereocenters. The minimum Gasteiger partial charge on any atom is -0.369 e. The maximum Gasteiger partial charge on any atom is 0.202 e. The number of imidazole rings is 1. The van der Waals surface area contributed by atoms with Crippen LogP contribution in [0.1, 0.15) is 38.3 Å². The van der Waals surface area contributed by atoms with Crippen molar-refractivity contribution < 1.29 is 0 Å². The molecule has 2 aromatic heterocycles. The first kappa shape index (κ1) is 11.6. The van der Waals surface area contributed by atoms with Gasteiger partial charge in [-0.25, -0.2) is 9.67 Å². The van der Waals surface area contributed by atoms with Crippen molar-refractivity contribution in [2.75, 3.05) is 5.73 Å². The summed E-state index contributed by atoms with van der Waals surface area (Å²) < 4.78 is 4.13. The van der Waals surface area contributed by atoms with Crippen LogP contribution < -0.4 is 5.73 Å². The molecule has 18 heavy (non-hydrogen) atoms. The van der Waals surface area contributed by atoms with Gasteiger partial charge in [0.2, 0.25) is 5.95 Å². The van der Waals surface area contributed by atoms with Gasteiger partial charge in [0.25, 0.3) is 0 Å². The van der Waals surface area contributed by atoms with Gasteiger partial charge in [0, 0.05) is 13.1 Å². The van der Waals surface area contributed by atoms with E-state index in [1.807, 2.05) is 11.6 Å². The lowest BCUT2D eigenvalue weighted by Crippen LogP contribution is -2.08. The van der Waals surface area contributed by atoms with E-state index < -0.39 is 0 Å². The van der Waals surface area contributed by atoms with E-state index in [-0.39, 0.29) is 0 Å². The van der Waals surface area contributed by atoms with Crippen molar-refractivity contribution in [1.29, 1.82) is 0 Å². The summed E-state index contributed by atoms with van der Waals surface area (Å²) in [5, 5.41) is 4.50. The summed E-state index contributed by atoms with van der Waals surface area (Å²) in [5.74, 6) is 1.60. The zero-order valence-corrected chi connectivity index (χ0v) is 11.2. The van der Waals surface area contributed by atoms with Crippen LogP contribution in [-0.2, 0) is 13.1 Å². The summed E-state index contributed by atoms with van der Waals surface area (Å²) >= 11 is 0. The second kappa shape index (κ2) is 4.30. The van der Waals surface area contributed by atoms with Crippen molar-refractivity contribution in [2.24, 2.45) is 5.92 Å². The smallest absolute Gasteiger partial charge is 0.202 e. The molecule has 2 aromatic rings. The zero-order chi connectivity index (χ0) is 12.7. The van der Waals surface area contributed by atoms with Crippen LogP contribution in [-0.4, -0.2) is 19.3 Å². The molecule has 5 nitrogen and oxygen atoms in total. The van der Waals surface area contributed by atoms with Crippen molar-refractivity contribution in [2.45, 2.75) is 52.6 Å². The number of nitrogens with two attached hydrogens (primary N) is 1. The van der Waals surface area contributed by atoms with Crippen molar-refractivity contribution in [3.05, 3.63) is 5.69 Å². The Kier molecular flexibility index (Phi) is 2.76. The molecular formula is C13H21N5. The largest absolute Gasteiger partial charge is 0.369 e. The first-order chi connectivity index (χ1) is 8.70. The first-order valence-electron chi connectivity index (χ1n) is 6.89. The predicted molar refractivity (Wildman–Crippen MR) is 72.3 cm³/mol. The normalized spacial score (nSPS) is 15.7. The number of aromatic nitrogens is 4. The van der Waals surface area contributed by atoms with Gasteiger partial charge in [-0.3, -0.25) is 4.57 Å². The second-order valence-corrected chi connectivity index (χ2v) is 5.28. The zero-order valence-electron chi connectivity index (χ0n) is 11.2. The molecular weight excluding hydrogens is 226 g/mol. The summed E-state index contributed by atoms with van der Waals surface area (Å²) in [5.41, 5.74) is 9.05. The second-order valence-electron chi connectivity index (χ2n) is 5.28. The average molecular weight is 247 g/mol. The lowest BCUT2D eigenvalue weighted by molar-refractivity contribution is 0.571. The minimum absolute atomic E-state index is 0.628. The van der Waals surface area contributed by atoms with Crippen LogP contribution in [0.15, 0.2) is 0 Å². The Morgan fingerprint density at radius 2 is 2.17 bits per heavy atom. The molecule has 2 heterocycles. The van der Waals surface area contributed by atoms with E-state index >= 15 is 0 Å². The summed E-state index contributed by atoms with van der Waals surface area (Å²) in [6.07, 6.45) is 5.34. The maximum absolute atomic E-state index is 6.03. The van der Waals surface area contributed by atoms with Gasteiger partial charge < -0.3 is 5.73 Å². The highest BCUT2D eigenvalue weighted by Crippen LogP contribution is 2.34. The number of fused-ring (bicyclic) bond motifs is 1. The average Bonchev–Trinajstić information content (AvgIpc) is 3.05. The summed E-state index contributed by atoms with van der Waals surface area (Å²) in [7, 11) is 0. The number of hydrogen-bond donors (Lipinski definition) is 1. The van der Waals surface area contributed by atoms with E-state index in [9.17, 15) is 0 Å². The van der Waals surface area contributed by atoms with Gasteiger partial charge in [-0.05, 0) is 32.6 Å². The Hall–Kier alpha value is -1.52. The first-order valence-corrected chi connectivity index (χ1v) is 6.89. The molecule has 1 aliphatic carbocycles. The fraction of sp³-hybridized carbons (Fsp3) is 0.692.